The van der Waals surface area contributed by atoms with Crippen molar-refractivity contribution in [2.45, 2.75) is 6.42 Å². The molecule has 0 unspecified atom stereocenters. The molecule has 0 atom stereocenters. The van der Waals surface area contributed by atoms with Gasteiger partial charge in [0, 0.05) is 55.6 Å². The Balaban J connectivity index is 1.28. The van der Waals surface area contributed by atoms with Crippen LogP contribution in [0.2, 0.25) is 0 Å². The van der Waals surface area contributed by atoms with E-state index < -0.39 is 0 Å². The van der Waals surface area contributed by atoms with Crippen molar-refractivity contribution in [1.29, 1.82) is 0 Å². The minimum atomic E-state index is 0.570. The summed E-state index contributed by atoms with van der Waals surface area (Å²) in [6.07, 6.45) is 11.1. The molecule has 0 spiro atoms. The number of likely N-dealkylation sites (N-methyl/N-ethyl adjacent to an activating group) is 1. The first-order valence-electron chi connectivity index (χ1n) is 10.6. The summed E-state index contributed by atoms with van der Waals surface area (Å²) in [6.45, 7) is 4.31. The van der Waals surface area contributed by atoms with Gasteiger partial charge in [-0.15, -0.1) is 0 Å². The number of para-hydroxylation sites is 1. The van der Waals surface area contributed by atoms with Gasteiger partial charge in [-0.3, -0.25) is 4.98 Å². The Hall–Kier alpha value is -3.45. The second-order valence-electron chi connectivity index (χ2n) is 7.89. The van der Waals surface area contributed by atoms with Crippen molar-refractivity contribution in [2.24, 2.45) is 0 Å². The number of anilines is 3. The van der Waals surface area contributed by atoms with Crippen LogP contribution in [-0.2, 0) is 0 Å². The highest BCUT2D eigenvalue weighted by atomic mass is 15.3. The Bertz CT molecular complexity index is 1130. The standard InChI is InChI=1S/C24H26N7/c1-30-11-13-31(14-12-30)21-7-4-6-19(16-21)28-24-25-10-9-23(29-24)27-20-15-18-5-2-3-8-22(18)26-17-20/h2-3,5-10,15-17H,4,11-14H2,1H3,(H2,25,27,28,29). The predicted octanol–water partition coefficient (Wildman–Crippen LogP) is 3.80. The Morgan fingerprint density at radius 1 is 0.968 bits per heavy atom. The summed E-state index contributed by atoms with van der Waals surface area (Å²) in [6, 6.07) is 12.0. The van der Waals surface area contributed by atoms with Crippen LogP contribution in [0.15, 0.2) is 72.3 Å². The van der Waals surface area contributed by atoms with Crippen LogP contribution in [0.1, 0.15) is 6.42 Å². The molecule has 1 aliphatic heterocycles. The number of nitrogens with one attached hydrogen (secondary N) is 2. The van der Waals surface area contributed by atoms with Crippen molar-refractivity contribution in [1.82, 2.24) is 24.8 Å². The summed E-state index contributed by atoms with van der Waals surface area (Å²) in [5, 5.41) is 7.78. The lowest BCUT2D eigenvalue weighted by molar-refractivity contribution is 0.187. The lowest BCUT2D eigenvalue weighted by Gasteiger charge is -2.36. The highest BCUT2D eigenvalue weighted by molar-refractivity contribution is 5.82. The van der Waals surface area contributed by atoms with E-state index in [1.54, 1.807) is 6.20 Å². The second-order valence-corrected chi connectivity index (χ2v) is 7.89. The number of hydrogen-bond acceptors (Lipinski definition) is 7. The number of piperazine rings is 1. The van der Waals surface area contributed by atoms with Gasteiger partial charge in [-0.25, -0.2) is 4.98 Å². The normalized spacial score (nSPS) is 17.3. The number of nitrogens with zero attached hydrogens (tertiary/aromatic N) is 5. The minimum absolute atomic E-state index is 0.570. The number of fused-ring (bicyclic) bond motifs is 1. The lowest BCUT2D eigenvalue weighted by Crippen LogP contribution is -2.44. The van der Waals surface area contributed by atoms with Crippen molar-refractivity contribution < 1.29 is 0 Å². The van der Waals surface area contributed by atoms with Gasteiger partial charge in [-0.2, -0.15) is 4.98 Å². The second kappa shape index (κ2) is 8.73. The molecular formula is C24H26N7. The first kappa shape index (κ1) is 19.5. The van der Waals surface area contributed by atoms with E-state index in [4.69, 9.17) is 0 Å². The zero-order valence-electron chi connectivity index (χ0n) is 17.6. The Morgan fingerprint density at radius 2 is 1.84 bits per heavy atom. The van der Waals surface area contributed by atoms with Gasteiger partial charge in [-0.1, -0.05) is 24.3 Å². The molecule has 1 fully saturated rings. The fraction of sp³-hybridized carbons (Fsp3) is 0.250. The largest absolute Gasteiger partial charge is 0.372 e. The number of aromatic nitrogens is 3. The van der Waals surface area contributed by atoms with E-state index in [2.05, 4.69) is 73.1 Å². The highest BCUT2D eigenvalue weighted by Gasteiger charge is 2.18. The third-order valence-electron chi connectivity index (χ3n) is 5.61. The molecule has 0 bridgehead atoms. The fourth-order valence-electron chi connectivity index (χ4n) is 3.86. The van der Waals surface area contributed by atoms with Gasteiger partial charge in [0.05, 0.1) is 17.4 Å². The van der Waals surface area contributed by atoms with E-state index >= 15 is 0 Å². The first-order chi connectivity index (χ1) is 15.2. The van der Waals surface area contributed by atoms with Crippen LogP contribution in [0.25, 0.3) is 10.9 Å². The van der Waals surface area contributed by atoms with Crippen LogP contribution in [-0.4, -0.2) is 58.0 Å². The van der Waals surface area contributed by atoms with Crippen molar-refractivity contribution in [2.75, 3.05) is 43.9 Å². The molecule has 1 radical (unpaired) electrons. The molecule has 7 heteroatoms. The number of hydrogen-bond donors (Lipinski definition) is 2. The summed E-state index contributed by atoms with van der Waals surface area (Å²) in [7, 11) is 2.18. The van der Waals surface area contributed by atoms with Crippen LogP contribution in [0.5, 0.6) is 0 Å². The molecule has 1 aliphatic carbocycles. The maximum atomic E-state index is 4.63. The number of rotatable bonds is 5. The van der Waals surface area contributed by atoms with Gasteiger partial charge >= 0.3 is 0 Å². The van der Waals surface area contributed by atoms with Gasteiger partial charge in [-0.05, 0) is 37.7 Å². The molecule has 0 saturated carbocycles. The maximum absolute atomic E-state index is 4.63. The monoisotopic (exact) mass is 412 g/mol. The Labute approximate surface area is 182 Å². The summed E-state index contributed by atoms with van der Waals surface area (Å²) >= 11 is 0. The zero-order valence-corrected chi connectivity index (χ0v) is 17.6. The predicted molar refractivity (Wildman–Crippen MR) is 125 cm³/mol. The first-order valence-corrected chi connectivity index (χ1v) is 10.6. The topological polar surface area (TPSA) is 69.2 Å². The molecule has 0 amide bonds. The number of pyridine rings is 1. The van der Waals surface area contributed by atoms with E-state index in [1.807, 2.05) is 30.5 Å². The SMILES string of the molecule is CN1CCN(C2=CC(Nc3nccc(Nc4cnc5ccccc5c4)n3)=CC[CH]2)CC1. The average molecular weight is 413 g/mol. The van der Waals surface area contributed by atoms with Gasteiger partial charge in [0.15, 0.2) is 0 Å². The smallest absolute Gasteiger partial charge is 0.229 e. The summed E-state index contributed by atoms with van der Waals surface area (Å²) < 4.78 is 0. The molecule has 2 N–H and O–H groups in total. The van der Waals surface area contributed by atoms with E-state index in [0.29, 0.717) is 5.95 Å². The highest BCUT2D eigenvalue weighted by Crippen LogP contribution is 2.23. The molecule has 7 nitrogen and oxygen atoms in total. The van der Waals surface area contributed by atoms with Gasteiger partial charge < -0.3 is 20.4 Å². The number of benzene rings is 1. The summed E-state index contributed by atoms with van der Waals surface area (Å²) in [5.41, 5.74) is 4.17. The van der Waals surface area contributed by atoms with Gasteiger partial charge in [0.2, 0.25) is 5.95 Å². The van der Waals surface area contributed by atoms with Crippen LogP contribution in [0.3, 0.4) is 0 Å². The molecule has 2 aromatic heterocycles. The van der Waals surface area contributed by atoms with Crippen molar-refractivity contribution in [3.05, 3.63) is 78.8 Å². The molecule has 157 valence electrons. The van der Waals surface area contributed by atoms with E-state index in [1.165, 1.54) is 5.70 Å². The van der Waals surface area contributed by atoms with Gasteiger partial charge in [0.1, 0.15) is 5.82 Å². The Kier molecular flexibility index (Phi) is 5.50. The molecule has 5 rings (SSSR count). The molecule has 3 aromatic rings. The Morgan fingerprint density at radius 3 is 2.74 bits per heavy atom. The molecule has 3 heterocycles. The van der Waals surface area contributed by atoms with Gasteiger partial charge in [0.25, 0.3) is 0 Å². The number of allylic oxidation sites excluding steroid dienone is 3. The third kappa shape index (κ3) is 4.67. The van der Waals surface area contributed by atoms with E-state index in [-0.39, 0.29) is 0 Å². The van der Waals surface area contributed by atoms with Crippen molar-refractivity contribution in [3.63, 3.8) is 0 Å². The fourth-order valence-corrected chi connectivity index (χ4v) is 3.86. The van der Waals surface area contributed by atoms with Crippen LogP contribution < -0.4 is 10.6 Å². The quantitative estimate of drug-likeness (QED) is 0.660. The summed E-state index contributed by atoms with van der Waals surface area (Å²) in [5.74, 6) is 1.29. The lowest BCUT2D eigenvalue weighted by atomic mass is 10.1. The van der Waals surface area contributed by atoms with Crippen LogP contribution in [0, 0.1) is 6.42 Å². The molecule has 1 saturated heterocycles. The van der Waals surface area contributed by atoms with E-state index in [0.717, 1.165) is 60.7 Å². The third-order valence-corrected chi connectivity index (χ3v) is 5.61. The zero-order chi connectivity index (χ0) is 21.0. The van der Waals surface area contributed by atoms with Crippen molar-refractivity contribution in [3.8, 4) is 0 Å². The minimum Gasteiger partial charge on any atom is -0.372 e. The van der Waals surface area contributed by atoms with E-state index in [9.17, 15) is 0 Å². The molecule has 2 aliphatic rings. The van der Waals surface area contributed by atoms with Crippen LogP contribution in [0.4, 0.5) is 17.5 Å². The summed E-state index contributed by atoms with van der Waals surface area (Å²) in [4.78, 5) is 18.3. The average Bonchev–Trinajstić information content (AvgIpc) is 2.80. The van der Waals surface area contributed by atoms with Crippen LogP contribution >= 0.6 is 0 Å². The molecule has 1 aromatic carbocycles. The molecular weight excluding hydrogens is 386 g/mol. The molecule has 31 heavy (non-hydrogen) atoms. The maximum Gasteiger partial charge on any atom is 0.229 e. The van der Waals surface area contributed by atoms with Crippen molar-refractivity contribution >= 4 is 28.4 Å².